The third-order valence-corrected chi connectivity index (χ3v) is 4.28. The van der Waals surface area contributed by atoms with Gasteiger partial charge in [-0.2, -0.15) is 0 Å². The van der Waals surface area contributed by atoms with E-state index in [4.69, 9.17) is 21.1 Å². The van der Waals surface area contributed by atoms with Crippen LogP contribution < -0.4 is 0 Å². The van der Waals surface area contributed by atoms with E-state index < -0.39 is 11.9 Å². The van der Waals surface area contributed by atoms with Crippen LogP contribution in [-0.2, 0) is 15.9 Å². The van der Waals surface area contributed by atoms with Crippen molar-refractivity contribution < 1.29 is 19.1 Å². The molecule has 0 aliphatic carbocycles. The SMILES string of the molecule is CCCCCOC(=O)c1ccccc1C(=O)OCCc1ccccc1Cl. The van der Waals surface area contributed by atoms with Gasteiger partial charge in [-0.15, -0.1) is 0 Å². The molecular formula is C21H23ClO4. The number of unbranched alkanes of at least 4 members (excludes halogenated alkanes) is 2. The molecule has 0 aliphatic rings. The van der Waals surface area contributed by atoms with Gasteiger partial charge in [0.1, 0.15) is 0 Å². The fourth-order valence-corrected chi connectivity index (χ4v) is 2.70. The molecule has 0 radical (unpaired) electrons. The molecule has 0 aromatic heterocycles. The first-order valence-corrected chi connectivity index (χ1v) is 9.18. The van der Waals surface area contributed by atoms with Crippen molar-refractivity contribution in [3.63, 3.8) is 0 Å². The van der Waals surface area contributed by atoms with Crippen molar-refractivity contribution in [1.82, 2.24) is 0 Å². The number of halogens is 1. The second kappa shape index (κ2) is 10.6. The number of ether oxygens (including phenoxy) is 2. The average molecular weight is 375 g/mol. The van der Waals surface area contributed by atoms with E-state index in [2.05, 4.69) is 6.92 Å². The van der Waals surface area contributed by atoms with Gasteiger partial charge in [0.05, 0.1) is 24.3 Å². The zero-order valence-electron chi connectivity index (χ0n) is 14.9. The molecule has 5 heteroatoms. The van der Waals surface area contributed by atoms with Crippen molar-refractivity contribution in [3.8, 4) is 0 Å². The third-order valence-electron chi connectivity index (χ3n) is 3.91. The summed E-state index contributed by atoms with van der Waals surface area (Å²) in [6, 6.07) is 13.9. The van der Waals surface area contributed by atoms with Crippen molar-refractivity contribution >= 4 is 23.5 Å². The molecule has 0 saturated heterocycles. The van der Waals surface area contributed by atoms with Crippen LogP contribution in [0, 0.1) is 0 Å². The van der Waals surface area contributed by atoms with Crippen LogP contribution in [0.1, 0.15) is 52.5 Å². The number of esters is 2. The van der Waals surface area contributed by atoms with Gasteiger partial charge in [0.2, 0.25) is 0 Å². The highest BCUT2D eigenvalue weighted by Gasteiger charge is 2.18. The normalized spacial score (nSPS) is 10.4. The van der Waals surface area contributed by atoms with Crippen LogP contribution in [0.3, 0.4) is 0 Å². The van der Waals surface area contributed by atoms with Crippen LogP contribution in [0.4, 0.5) is 0 Å². The molecule has 0 atom stereocenters. The molecular weight excluding hydrogens is 352 g/mol. The first-order valence-electron chi connectivity index (χ1n) is 8.80. The van der Waals surface area contributed by atoms with Gasteiger partial charge < -0.3 is 9.47 Å². The summed E-state index contributed by atoms with van der Waals surface area (Å²) < 4.78 is 10.6. The van der Waals surface area contributed by atoms with Crippen LogP contribution in [0.2, 0.25) is 5.02 Å². The Labute approximate surface area is 159 Å². The molecule has 138 valence electrons. The molecule has 0 fully saturated rings. The van der Waals surface area contributed by atoms with Crippen molar-refractivity contribution in [2.45, 2.75) is 32.6 Å². The average Bonchev–Trinajstić information content (AvgIpc) is 2.66. The third kappa shape index (κ3) is 5.88. The van der Waals surface area contributed by atoms with Gasteiger partial charge in [-0.1, -0.05) is 61.7 Å². The molecule has 26 heavy (non-hydrogen) atoms. The van der Waals surface area contributed by atoms with E-state index in [-0.39, 0.29) is 17.7 Å². The van der Waals surface area contributed by atoms with Crippen LogP contribution in [0.25, 0.3) is 0 Å². The lowest BCUT2D eigenvalue weighted by atomic mass is 10.1. The standard InChI is InChI=1S/C21H23ClO4/c1-2-3-8-14-25-20(23)17-10-5-6-11-18(17)21(24)26-15-13-16-9-4-7-12-19(16)22/h4-7,9-12H,2-3,8,13-15H2,1H3. The predicted octanol–water partition coefficient (Wildman–Crippen LogP) is 5.09. The van der Waals surface area contributed by atoms with E-state index >= 15 is 0 Å². The maximum atomic E-state index is 12.4. The molecule has 0 amide bonds. The maximum Gasteiger partial charge on any atom is 0.339 e. The minimum Gasteiger partial charge on any atom is -0.462 e. The summed E-state index contributed by atoms with van der Waals surface area (Å²) in [7, 11) is 0. The molecule has 0 N–H and O–H groups in total. The molecule has 0 heterocycles. The minimum absolute atomic E-state index is 0.183. The quantitative estimate of drug-likeness (QED) is 0.453. The Morgan fingerprint density at radius 2 is 1.42 bits per heavy atom. The molecule has 0 saturated carbocycles. The van der Waals surface area contributed by atoms with Crippen molar-refractivity contribution in [2.24, 2.45) is 0 Å². The number of benzene rings is 2. The van der Waals surface area contributed by atoms with E-state index in [9.17, 15) is 9.59 Å². The topological polar surface area (TPSA) is 52.6 Å². The molecule has 0 aliphatic heterocycles. The van der Waals surface area contributed by atoms with Gasteiger partial charge in [-0.25, -0.2) is 9.59 Å². The van der Waals surface area contributed by atoms with Gasteiger partial charge in [-0.05, 0) is 30.2 Å². The molecule has 2 aromatic rings. The first-order chi connectivity index (χ1) is 12.6. The lowest BCUT2D eigenvalue weighted by Gasteiger charge is -2.10. The first kappa shape index (κ1) is 20.0. The second-order valence-corrected chi connectivity index (χ2v) is 6.27. The summed E-state index contributed by atoms with van der Waals surface area (Å²) >= 11 is 6.09. The molecule has 0 bridgehead atoms. The van der Waals surface area contributed by atoms with Gasteiger partial charge in [-0.3, -0.25) is 0 Å². The summed E-state index contributed by atoms with van der Waals surface area (Å²) in [5, 5.41) is 0.639. The second-order valence-electron chi connectivity index (χ2n) is 5.87. The van der Waals surface area contributed by atoms with Gasteiger partial charge in [0.15, 0.2) is 0 Å². The maximum absolute atomic E-state index is 12.4. The number of carbonyl (C=O) groups is 2. The fraction of sp³-hybridized carbons (Fsp3) is 0.333. The van der Waals surface area contributed by atoms with Crippen LogP contribution in [0.15, 0.2) is 48.5 Å². The Hall–Kier alpha value is -2.33. The number of rotatable bonds is 9. The van der Waals surface area contributed by atoms with E-state index in [0.29, 0.717) is 18.1 Å². The lowest BCUT2D eigenvalue weighted by molar-refractivity contribution is 0.0456. The Bertz CT molecular complexity index is 742. The van der Waals surface area contributed by atoms with E-state index in [1.54, 1.807) is 30.3 Å². The van der Waals surface area contributed by atoms with Crippen molar-refractivity contribution in [1.29, 1.82) is 0 Å². The molecule has 0 spiro atoms. The Morgan fingerprint density at radius 1 is 0.846 bits per heavy atom. The summed E-state index contributed by atoms with van der Waals surface area (Å²) in [6.45, 7) is 2.61. The summed E-state index contributed by atoms with van der Waals surface area (Å²) in [5.74, 6) is -1.04. The van der Waals surface area contributed by atoms with E-state index in [1.807, 2.05) is 18.2 Å². The van der Waals surface area contributed by atoms with Gasteiger partial charge >= 0.3 is 11.9 Å². The minimum atomic E-state index is -0.543. The van der Waals surface area contributed by atoms with Gasteiger partial charge in [0, 0.05) is 11.4 Å². The van der Waals surface area contributed by atoms with Crippen LogP contribution in [-0.4, -0.2) is 25.2 Å². The number of hydrogen-bond acceptors (Lipinski definition) is 4. The Morgan fingerprint density at radius 3 is 2.04 bits per heavy atom. The monoisotopic (exact) mass is 374 g/mol. The van der Waals surface area contributed by atoms with E-state index in [0.717, 1.165) is 24.8 Å². The summed E-state index contributed by atoms with van der Waals surface area (Å²) in [4.78, 5) is 24.6. The van der Waals surface area contributed by atoms with E-state index in [1.165, 1.54) is 0 Å². The van der Waals surface area contributed by atoms with Crippen LogP contribution >= 0.6 is 11.6 Å². The Balaban J connectivity index is 1.94. The zero-order valence-corrected chi connectivity index (χ0v) is 15.6. The summed E-state index contributed by atoms with van der Waals surface area (Å²) in [5.41, 5.74) is 1.35. The van der Waals surface area contributed by atoms with Crippen LogP contribution in [0.5, 0.6) is 0 Å². The molecule has 2 aromatic carbocycles. The Kier molecular flexibility index (Phi) is 8.16. The lowest BCUT2D eigenvalue weighted by Crippen LogP contribution is -2.15. The van der Waals surface area contributed by atoms with Crippen molar-refractivity contribution in [2.75, 3.05) is 13.2 Å². The smallest absolute Gasteiger partial charge is 0.339 e. The highest BCUT2D eigenvalue weighted by molar-refractivity contribution is 6.31. The van der Waals surface area contributed by atoms with Gasteiger partial charge in [0.25, 0.3) is 0 Å². The highest BCUT2D eigenvalue weighted by Crippen LogP contribution is 2.16. The predicted molar refractivity (Wildman–Crippen MR) is 102 cm³/mol. The zero-order chi connectivity index (χ0) is 18.8. The number of carbonyl (C=O) groups excluding carboxylic acids is 2. The fourth-order valence-electron chi connectivity index (χ4n) is 2.47. The molecule has 2 rings (SSSR count). The number of hydrogen-bond donors (Lipinski definition) is 0. The molecule has 4 nitrogen and oxygen atoms in total. The van der Waals surface area contributed by atoms with Crippen molar-refractivity contribution in [3.05, 3.63) is 70.2 Å². The largest absolute Gasteiger partial charge is 0.462 e. The summed E-state index contributed by atoms with van der Waals surface area (Å²) in [6.07, 6.45) is 3.37. The molecule has 0 unspecified atom stereocenters. The highest BCUT2D eigenvalue weighted by atomic mass is 35.5.